The first-order valence-electron chi connectivity index (χ1n) is 4.89. The normalized spacial score (nSPS) is 26.4. The van der Waals surface area contributed by atoms with Crippen molar-refractivity contribution >= 4 is 5.91 Å². The predicted molar refractivity (Wildman–Crippen MR) is 51.9 cm³/mol. The second-order valence-electron chi connectivity index (χ2n) is 3.68. The molecule has 1 aliphatic rings. The van der Waals surface area contributed by atoms with Crippen molar-refractivity contribution in [1.82, 2.24) is 10.3 Å². The van der Waals surface area contributed by atoms with Crippen molar-refractivity contribution in [1.29, 1.82) is 0 Å². The van der Waals surface area contributed by atoms with Gasteiger partial charge in [-0.3, -0.25) is 4.79 Å². The standard InChI is InChI=1S/C10H14N2O2/c13-9-3-1-2-8(9)12-10(14)7-4-5-11-6-7/h4-6,8-9,11,13H,1-3H2,(H,12,14)/t8-,9-/m0/s1. The lowest BCUT2D eigenvalue weighted by molar-refractivity contribution is 0.0873. The molecule has 76 valence electrons. The minimum Gasteiger partial charge on any atom is -0.391 e. The van der Waals surface area contributed by atoms with Crippen molar-refractivity contribution in [3.8, 4) is 0 Å². The van der Waals surface area contributed by atoms with E-state index in [9.17, 15) is 9.90 Å². The van der Waals surface area contributed by atoms with Crippen LogP contribution in [0.2, 0.25) is 0 Å². The van der Waals surface area contributed by atoms with E-state index in [1.54, 1.807) is 18.5 Å². The Morgan fingerprint density at radius 1 is 1.57 bits per heavy atom. The summed E-state index contributed by atoms with van der Waals surface area (Å²) in [5, 5.41) is 12.3. The van der Waals surface area contributed by atoms with Crippen LogP contribution in [0, 0.1) is 0 Å². The molecule has 3 N–H and O–H groups in total. The van der Waals surface area contributed by atoms with E-state index in [2.05, 4.69) is 10.3 Å². The molecule has 1 aromatic rings. The van der Waals surface area contributed by atoms with Gasteiger partial charge >= 0.3 is 0 Å². The molecule has 2 rings (SSSR count). The minimum absolute atomic E-state index is 0.0719. The Balaban J connectivity index is 1.95. The molecule has 1 aromatic heterocycles. The van der Waals surface area contributed by atoms with Crippen molar-refractivity contribution in [3.05, 3.63) is 24.0 Å². The molecule has 1 fully saturated rings. The molecule has 0 bridgehead atoms. The molecule has 1 amide bonds. The number of aliphatic hydroxyl groups is 1. The molecule has 0 unspecified atom stereocenters. The van der Waals surface area contributed by atoms with E-state index in [4.69, 9.17) is 0 Å². The third-order valence-corrected chi connectivity index (χ3v) is 2.66. The fourth-order valence-corrected chi connectivity index (χ4v) is 1.83. The number of hydrogen-bond acceptors (Lipinski definition) is 2. The summed E-state index contributed by atoms with van der Waals surface area (Å²) in [6.45, 7) is 0. The van der Waals surface area contributed by atoms with E-state index in [1.807, 2.05) is 0 Å². The summed E-state index contributed by atoms with van der Waals surface area (Å²) in [5.74, 6) is -0.114. The lowest BCUT2D eigenvalue weighted by Crippen LogP contribution is -2.39. The Morgan fingerprint density at radius 2 is 2.43 bits per heavy atom. The van der Waals surface area contributed by atoms with Crippen molar-refractivity contribution in [2.24, 2.45) is 0 Å². The number of carbonyl (C=O) groups excluding carboxylic acids is 1. The molecule has 4 nitrogen and oxygen atoms in total. The lowest BCUT2D eigenvalue weighted by Gasteiger charge is -2.15. The smallest absolute Gasteiger partial charge is 0.253 e. The minimum atomic E-state index is -0.377. The van der Waals surface area contributed by atoms with Gasteiger partial charge in [0.15, 0.2) is 0 Å². The Kier molecular flexibility index (Phi) is 2.54. The molecule has 1 aliphatic carbocycles. The molecule has 1 heterocycles. The molecule has 0 aromatic carbocycles. The highest BCUT2D eigenvalue weighted by Crippen LogP contribution is 2.19. The number of hydrogen-bond donors (Lipinski definition) is 3. The lowest BCUT2D eigenvalue weighted by atomic mass is 10.2. The van der Waals surface area contributed by atoms with Crippen LogP contribution in [0.3, 0.4) is 0 Å². The second-order valence-corrected chi connectivity index (χ2v) is 3.68. The molecule has 0 radical (unpaired) electrons. The van der Waals surface area contributed by atoms with Crippen LogP contribution in [0.4, 0.5) is 0 Å². The highest BCUT2D eigenvalue weighted by Gasteiger charge is 2.26. The van der Waals surface area contributed by atoms with Crippen molar-refractivity contribution in [3.63, 3.8) is 0 Å². The van der Waals surface area contributed by atoms with Crippen LogP contribution in [0.1, 0.15) is 29.6 Å². The summed E-state index contributed by atoms with van der Waals surface area (Å²) in [5.41, 5.74) is 0.615. The van der Waals surface area contributed by atoms with Gasteiger partial charge in [-0.25, -0.2) is 0 Å². The highest BCUT2D eigenvalue weighted by molar-refractivity contribution is 5.94. The second kappa shape index (κ2) is 3.84. The maximum Gasteiger partial charge on any atom is 0.253 e. The van der Waals surface area contributed by atoms with Gasteiger partial charge in [0.2, 0.25) is 0 Å². The number of aromatic amines is 1. The predicted octanol–water partition coefficient (Wildman–Crippen LogP) is 0.658. The Labute approximate surface area is 82.3 Å². The fourth-order valence-electron chi connectivity index (χ4n) is 1.83. The zero-order valence-electron chi connectivity index (χ0n) is 7.86. The van der Waals surface area contributed by atoms with Gasteiger partial charge in [0.05, 0.1) is 17.7 Å². The van der Waals surface area contributed by atoms with Gasteiger partial charge in [0, 0.05) is 12.4 Å². The van der Waals surface area contributed by atoms with Crippen LogP contribution in [-0.2, 0) is 0 Å². The van der Waals surface area contributed by atoms with Crippen LogP contribution >= 0.6 is 0 Å². The Bertz CT molecular complexity index is 308. The number of nitrogens with one attached hydrogen (secondary N) is 2. The summed E-state index contributed by atoms with van der Waals surface area (Å²) in [4.78, 5) is 14.4. The topological polar surface area (TPSA) is 65.1 Å². The van der Waals surface area contributed by atoms with Crippen LogP contribution in [0.5, 0.6) is 0 Å². The Hall–Kier alpha value is -1.29. The SMILES string of the molecule is O=C(N[C@H]1CCC[C@@H]1O)c1cc[nH]c1. The fraction of sp³-hybridized carbons (Fsp3) is 0.500. The van der Waals surface area contributed by atoms with Crippen molar-refractivity contribution < 1.29 is 9.90 Å². The number of carbonyl (C=O) groups is 1. The third-order valence-electron chi connectivity index (χ3n) is 2.66. The number of rotatable bonds is 2. The highest BCUT2D eigenvalue weighted by atomic mass is 16.3. The average molecular weight is 194 g/mol. The van der Waals surface area contributed by atoms with E-state index in [0.29, 0.717) is 5.56 Å². The van der Waals surface area contributed by atoms with Crippen LogP contribution in [0.15, 0.2) is 18.5 Å². The molecule has 0 spiro atoms. The van der Waals surface area contributed by atoms with Gasteiger partial charge in [-0.1, -0.05) is 0 Å². The van der Waals surface area contributed by atoms with Crippen molar-refractivity contribution in [2.75, 3.05) is 0 Å². The Morgan fingerprint density at radius 3 is 3.00 bits per heavy atom. The first-order chi connectivity index (χ1) is 6.77. The average Bonchev–Trinajstić information content (AvgIpc) is 2.77. The van der Waals surface area contributed by atoms with E-state index in [-0.39, 0.29) is 18.1 Å². The largest absolute Gasteiger partial charge is 0.391 e. The van der Waals surface area contributed by atoms with E-state index >= 15 is 0 Å². The summed E-state index contributed by atoms with van der Waals surface area (Å²) in [7, 11) is 0. The third kappa shape index (κ3) is 1.80. The summed E-state index contributed by atoms with van der Waals surface area (Å²) in [6.07, 6.45) is 5.63. The molecular weight excluding hydrogens is 180 g/mol. The summed E-state index contributed by atoms with van der Waals surface area (Å²) < 4.78 is 0. The van der Waals surface area contributed by atoms with Gasteiger partial charge in [-0.15, -0.1) is 0 Å². The van der Waals surface area contributed by atoms with Gasteiger partial charge in [0.1, 0.15) is 0 Å². The summed E-state index contributed by atoms with van der Waals surface area (Å²) >= 11 is 0. The van der Waals surface area contributed by atoms with Crippen LogP contribution in [0.25, 0.3) is 0 Å². The number of aromatic nitrogens is 1. The molecule has 2 atom stereocenters. The molecule has 1 saturated carbocycles. The molecular formula is C10H14N2O2. The van der Waals surface area contributed by atoms with E-state index in [0.717, 1.165) is 19.3 Å². The van der Waals surface area contributed by atoms with Crippen LogP contribution < -0.4 is 5.32 Å². The van der Waals surface area contributed by atoms with Gasteiger partial charge < -0.3 is 15.4 Å². The van der Waals surface area contributed by atoms with Crippen LogP contribution in [-0.4, -0.2) is 28.1 Å². The van der Waals surface area contributed by atoms with Gasteiger partial charge in [-0.05, 0) is 25.3 Å². The summed E-state index contributed by atoms with van der Waals surface area (Å²) in [6, 6.07) is 1.65. The molecule has 0 aliphatic heterocycles. The maximum atomic E-state index is 11.6. The molecule has 4 heteroatoms. The molecule has 14 heavy (non-hydrogen) atoms. The van der Waals surface area contributed by atoms with Gasteiger partial charge in [-0.2, -0.15) is 0 Å². The monoisotopic (exact) mass is 194 g/mol. The quantitative estimate of drug-likeness (QED) is 0.647. The van der Waals surface area contributed by atoms with E-state index in [1.165, 1.54) is 0 Å². The number of H-pyrrole nitrogens is 1. The first kappa shape index (κ1) is 9.27. The first-order valence-corrected chi connectivity index (χ1v) is 4.89. The van der Waals surface area contributed by atoms with Gasteiger partial charge in [0.25, 0.3) is 5.91 Å². The maximum absolute atomic E-state index is 11.6. The van der Waals surface area contributed by atoms with E-state index < -0.39 is 0 Å². The zero-order valence-corrected chi connectivity index (χ0v) is 7.86. The number of aliphatic hydroxyl groups excluding tert-OH is 1. The number of amides is 1. The van der Waals surface area contributed by atoms with Crippen molar-refractivity contribution in [2.45, 2.75) is 31.4 Å². The zero-order chi connectivity index (χ0) is 9.97. The molecule has 0 saturated heterocycles.